The van der Waals surface area contributed by atoms with Crippen molar-refractivity contribution in [1.29, 1.82) is 0 Å². The number of nitrogens with one attached hydrogen (secondary N) is 1. The second kappa shape index (κ2) is 12.1. The summed E-state index contributed by atoms with van der Waals surface area (Å²) in [6.07, 6.45) is 1.96. The number of methoxy groups -OCH3 is 1. The summed E-state index contributed by atoms with van der Waals surface area (Å²) < 4.78 is 31.8. The van der Waals surface area contributed by atoms with Gasteiger partial charge in [0, 0.05) is 12.1 Å². The molecule has 35 heavy (non-hydrogen) atoms. The number of rotatable bonds is 11. The van der Waals surface area contributed by atoms with Crippen molar-refractivity contribution in [1.82, 2.24) is 10.2 Å². The van der Waals surface area contributed by atoms with Gasteiger partial charge in [-0.05, 0) is 51.3 Å². The second-order valence-corrected chi connectivity index (χ2v) is 11.3. The van der Waals surface area contributed by atoms with Crippen molar-refractivity contribution < 1.29 is 22.7 Å². The molecule has 0 fully saturated rings. The van der Waals surface area contributed by atoms with Gasteiger partial charge < -0.3 is 15.0 Å². The molecule has 1 atom stereocenters. The lowest BCUT2D eigenvalue weighted by atomic mass is 10.1. The van der Waals surface area contributed by atoms with E-state index in [-0.39, 0.29) is 18.1 Å². The summed E-state index contributed by atoms with van der Waals surface area (Å²) in [7, 11) is -2.38. The van der Waals surface area contributed by atoms with Crippen molar-refractivity contribution in [2.24, 2.45) is 0 Å². The Bertz CT molecular complexity index is 1100. The van der Waals surface area contributed by atoms with Gasteiger partial charge in [0.2, 0.25) is 21.8 Å². The third kappa shape index (κ3) is 8.28. The van der Waals surface area contributed by atoms with E-state index in [2.05, 4.69) is 5.32 Å². The van der Waals surface area contributed by atoms with Gasteiger partial charge in [-0.15, -0.1) is 0 Å². The standard InChI is InChI=1S/C26H37N3O5S/c1-7-21(25(31)27-26(2,3)4)28(18-17-20-13-9-8-10-14-20)24(30)19-29(35(6,32)33)22-15-11-12-16-23(22)34-5/h8-16,21H,7,17-19H2,1-6H3,(H,27,31). The summed E-state index contributed by atoms with van der Waals surface area (Å²) in [6.45, 7) is 7.28. The van der Waals surface area contributed by atoms with Crippen molar-refractivity contribution in [3.63, 3.8) is 0 Å². The van der Waals surface area contributed by atoms with Crippen LogP contribution in [0.25, 0.3) is 0 Å². The maximum atomic E-state index is 13.7. The van der Waals surface area contributed by atoms with Gasteiger partial charge in [0.1, 0.15) is 18.3 Å². The van der Waals surface area contributed by atoms with Gasteiger partial charge in [0.15, 0.2) is 0 Å². The molecule has 192 valence electrons. The first-order valence-electron chi connectivity index (χ1n) is 11.6. The Kier molecular flexibility index (Phi) is 9.71. The normalized spacial score (nSPS) is 12.5. The fourth-order valence-electron chi connectivity index (χ4n) is 3.78. The highest BCUT2D eigenvalue weighted by molar-refractivity contribution is 7.92. The molecule has 0 aliphatic heterocycles. The molecule has 0 aromatic heterocycles. The molecule has 0 heterocycles. The van der Waals surface area contributed by atoms with Crippen LogP contribution in [0.3, 0.4) is 0 Å². The number of para-hydroxylation sites is 2. The molecule has 1 N–H and O–H groups in total. The molecule has 0 saturated heterocycles. The molecule has 0 saturated carbocycles. The SMILES string of the molecule is CCC(C(=O)NC(C)(C)C)N(CCc1ccccc1)C(=O)CN(c1ccccc1OC)S(C)(=O)=O. The Morgan fingerprint density at radius 3 is 2.17 bits per heavy atom. The number of carbonyl (C=O) groups excluding carboxylic acids is 2. The average Bonchev–Trinajstić information content (AvgIpc) is 2.78. The van der Waals surface area contributed by atoms with Crippen molar-refractivity contribution in [2.75, 3.05) is 30.8 Å². The molecular weight excluding hydrogens is 466 g/mol. The van der Waals surface area contributed by atoms with Crippen molar-refractivity contribution in [3.05, 3.63) is 60.2 Å². The number of anilines is 1. The predicted octanol–water partition coefficient (Wildman–Crippen LogP) is 3.23. The van der Waals surface area contributed by atoms with Crippen LogP contribution >= 0.6 is 0 Å². The maximum Gasteiger partial charge on any atom is 0.244 e. The zero-order chi connectivity index (χ0) is 26.2. The summed E-state index contributed by atoms with van der Waals surface area (Å²) in [5, 5.41) is 2.95. The van der Waals surface area contributed by atoms with E-state index in [1.54, 1.807) is 24.3 Å². The zero-order valence-corrected chi connectivity index (χ0v) is 22.3. The first kappa shape index (κ1) is 28.2. The number of carbonyl (C=O) groups is 2. The Hall–Kier alpha value is -3.07. The van der Waals surface area contributed by atoms with Crippen LogP contribution in [-0.4, -0.2) is 63.2 Å². The third-order valence-electron chi connectivity index (χ3n) is 5.40. The number of hydrogen-bond donors (Lipinski definition) is 1. The molecule has 0 bridgehead atoms. The smallest absolute Gasteiger partial charge is 0.244 e. The molecule has 1 unspecified atom stereocenters. The topological polar surface area (TPSA) is 96.0 Å². The highest BCUT2D eigenvalue weighted by atomic mass is 32.2. The van der Waals surface area contributed by atoms with Crippen LogP contribution in [0.4, 0.5) is 5.69 Å². The third-order valence-corrected chi connectivity index (χ3v) is 6.53. The van der Waals surface area contributed by atoms with Crippen LogP contribution in [-0.2, 0) is 26.0 Å². The Balaban J connectivity index is 2.42. The number of ether oxygens (including phenoxy) is 1. The van der Waals surface area contributed by atoms with Crippen LogP contribution in [0.5, 0.6) is 5.75 Å². The van der Waals surface area contributed by atoms with Gasteiger partial charge in [-0.2, -0.15) is 0 Å². The van der Waals surface area contributed by atoms with Gasteiger partial charge in [-0.25, -0.2) is 8.42 Å². The second-order valence-electron chi connectivity index (χ2n) is 9.43. The zero-order valence-electron chi connectivity index (χ0n) is 21.4. The minimum atomic E-state index is -3.82. The molecule has 8 nitrogen and oxygen atoms in total. The van der Waals surface area contributed by atoms with Crippen LogP contribution < -0.4 is 14.4 Å². The van der Waals surface area contributed by atoms with Gasteiger partial charge in [0.25, 0.3) is 0 Å². The Labute approximate surface area is 209 Å². The lowest BCUT2D eigenvalue weighted by Crippen LogP contribution is -2.56. The molecule has 0 aliphatic rings. The summed E-state index contributed by atoms with van der Waals surface area (Å²) in [4.78, 5) is 28.3. The summed E-state index contributed by atoms with van der Waals surface area (Å²) in [6, 6.07) is 15.5. The number of benzene rings is 2. The lowest BCUT2D eigenvalue weighted by Gasteiger charge is -2.34. The van der Waals surface area contributed by atoms with Gasteiger partial charge in [0.05, 0.1) is 19.1 Å². The van der Waals surface area contributed by atoms with E-state index in [0.29, 0.717) is 18.6 Å². The van der Waals surface area contributed by atoms with E-state index in [0.717, 1.165) is 16.1 Å². The Morgan fingerprint density at radius 1 is 1.03 bits per heavy atom. The molecule has 2 amide bonds. The number of sulfonamides is 1. The van der Waals surface area contributed by atoms with Crippen LogP contribution in [0.15, 0.2) is 54.6 Å². The maximum absolute atomic E-state index is 13.7. The van der Waals surface area contributed by atoms with E-state index in [4.69, 9.17) is 4.74 Å². The van der Waals surface area contributed by atoms with E-state index in [1.165, 1.54) is 12.0 Å². The van der Waals surface area contributed by atoms with Crippen LogP contribution in [0, 0.1) is 0 Å². The molecule has 9 heteroatoms. The molecule has 0 radical (unpaired) electrons. The minimum Gasteiger partial charge on any atom is -0.495 e. The monoisotopic (exact) mass is 503 g/mol. The molecule has 2 rings (SSSR count). The van der Waals surface area contributed by atoms with Crippen molar-refractivity contribution in [2.45, 2.75) is 52.1 Å². The van der Waals surface area contributed by atoms with E-state index < -0.39 is 34.1 Å². The van der Waals surface area contributed by atoms with Crippen LogP contribution in [0.1, 0.15) is 39.7 Å². The van der Waals surface area contributed by atoms with E-state index in [1.807, 2.05) is 58.0 Å². The van der Waals surface area contributed by atoms with Gasteiger partial charge >= 0.3 is 0 Å². The molecule has 0 aliphatic carbocycles. The highest BCUT2D eigenvalue weighted by Gasteiger charge is 2.33. The largest absolute Gasteiger partial charge is 0.495 e. The predicted molar refractivity (Wildman–Crippen MR) is 139 cm³/mol. The molecule has 0 spiro atoms. The van der Waals surface area contributed by atoms with E-state index >= 15 is 0 Å². The lowest BCUT2D eigenvalue weighted by molar-refractivity contribution is -0.140. The highest BCUT2D eigenvalue weighted by Crippen LogP contribution is 2.29. The minimum absolute atomic E-state index is 0.265. The fraction of sp³-hybridized carbons (Fsp3) is 0.462. The summed E-state index contributed by atoms with van der Waals surface area (Å²) in [5.41, 5.74) is 0.802. The quantitative estimate of drug-likeness (QED) is 0.508. The number of hydrogen-bond acceptors (Lipinski definition) is 5. The fourth-order valence-corrected chi connectivity index (χ4v) is 4.63. The first-order valence-corrected chi connectivity index (χ1v) is 13.5. The van der Waals surface area contributed by atoms with E-state index in [9.17, 15) is 18.0 Å². The summed E-state index contributed by atoms with van der Waals surface area (Å²) in [5.74, 6) is -0.406. The van der Waals surface area contributed by atoms with Crippen molar-refractivity contribution in [3.8, 4) is 5.75 Å². The van der Waals surface area contributed by atoms with Gasteiger partial charge in [-0.1, -0.05) is 49.4 Å². The number of amides is 2. The molecule has 2 aromatic rings. The van der Waals surface area contributed by atoms with Crippen molar-refractivity contribution >= 4 is 27.5 Å². The average molecular weight is 504 g/mol. The Morgan fingerprint density at radius 2 is 1.63 bits per heavy atom. The summed E-state index contributed by atoms with van der Waals surface area (Å²) >= 11 is 0. The number of nitrogens with zero attached hydrogens (tertiary/aromatic N) is 2. The first-order chi connectivity index (χ1) is 16.4. The van der Waals surface area contributed by atoms with Crippen LogP contribution in [0.2, 0.25) is 0 Å². The molecular formula is C26H37N3O5S. The molecule has 2 aromatic carbocycles. The van der Waals surface area contributed by atoms with Gasteiger partial charge in [-0.3, -0.25) is 13.9 Å².